The van der Waals surface area contributed by atoms with Crippen LogP contribution >= 0.6 is 23.1 Å². The van der Waals surface area contributed by atoms with Crippen molar-refractivity contribution >= 4 is 39.3 Å². The molecule has 0 aliphatic carbocycles. The third kappa shape index (κ3) is 3.61. The molecule has 0 aliphatic rings. The van der Waals surface area contributed by atoms with Crippen molar-refractivity contribution in [2.75, 3.05) is 0 Å². The van der Waals surface area contributed by atoms with Gasteiger partial charge in [0.25, 0.3) is 0 Å². The number of benzene rings is 1. The quantitative estimate of drug-likeness (QED) is 0.352. The number of carboxylic acids is 1. The summed E-state index contributed by atoms with van der Waals surface area (Å²) in [6.07, 6.45) is 0. The SMILES string of the molecule is Cc1ccc(-c2csc3nc(C)nc(SCc4ccc(C(=O)O)o4)c23)cc1. The van der Waals surface area contributed by atoms with Crippen LogP contribution < -0.4 is 0 Å². The number of fused-ring (bicyclic) bond motifs is 1. The molecule has 0 bridgehead atoms. The van der Waals surface area contributed by atoms with Crippen LogP contribution in [-0.2, 0) is 5.75 Å². The molecule has 1 N–H and O–H groups in total. The first-order valence-corrected chi connectivity index (χ1v) is 10.2. The summed E-state index contributed by atoms with van der Waals surface area (Å²) in [5.74, 6) is 0.709. The van der Waals surface area contributed by atoms with Gasteiger partial charge in [0, 0.05) is 10.9 Å². The first kappa shape index (κ1) is 17.8. The van der Waals surface area contributed by atoms with Crippen LogP contribution in [0.3, 0.4) is 0 Å². The number of rotatable bonds is 5. The Bertz CT molecular complexity index is 1130. The Kier molecular flexibility index (Phi) is 4.72. The minimum atomic E-state index is -1.06. The molecule has 0 atom stereocenters. The van der Waals surface area contributed by atoms with Crippen molar-refractivity contribution in [2.24, 2.45) is 0 Å². The van der Waals surface area contributed by atoms with Gasteiger partial charge in [0.2, 0.25) is 5.76 Å². The number of carbonyl (C=O) groups is 1. The van der Waals surface area contributed by atoms with Crippen LogP contribution in [0.4, 0.5) is 0 Å². The zero-order valence-corrected chi connectivity index (χ0v) is 16.4. The molecule has 0 saturated heterocycles. The second-order valence-electron chi connectivity index (χ2n) is 6.13. The fourth-order valence-electron chi connectivity index (χ4n) is 2.77. The van der Waals surface area contributed by atoms with E-state index in [1.807, 2.05) is 6.92 Å². The van der Waals surface area contributed by atoms with Gasteiger partial charge in [-0.2, -0.15) is 0 Å². The standard InChI is InChI=1S/C20H16N2O3S2/c1-11-3-5-13(6-4-11)15-10-27-19-17(15)18(21-12(2)22-19)26-9-14-7-8-16(25-14)20(23)24/h3-8,10H,9H2,1-2H3,(H,23,24). The van der Waals surface area contributed by atoms with E-state index < -0.39 is 5.97 Å². The monoisotopic (exact) mass is 396 g/mol. The summed E-state index contributed by atoms with van der Waals surface area (Å²) in [5.41, 5.74) is 3.46. The summed E-state index contributed by atoms with van der Waals surface area (Å²) in [5, 5.41) is 13.0. The van der Waals surface area contributed by atoms with E-state index in [2.05, 4.69) is 46.5 Å². The Morgan fingerprint density at radius 3 is 2.63 bits per heavy atom. The molecule has 0 saturated carbocycles. The minimum absolute atomic E-state index is 0.0505. The highest BCUT2D eigenvalue weighted by molar-refractivity contribution is 7.98. The highest BCUT2D eigenvalue weighted by Gasteiger charge is 2.16. The van der Waals surface area contributed by atoms with Crippen molar-refractivity contribution in [1.29, 1.82) is 0 Å². The zero-order valence-electron chi connectivity index (χ0n) is 14.7. The van der Waals surface area contributed by atoms with Gasteiger partial charge in [0.05, 0.1) is 11.1 Å². The molecule has 0 spiro atoms. The molecule has 3 aromatic heterocycles. The topological polar surface area (TPSA) is 76.2 Å². The Morgan fingerprint density at radius 1 is 1.15 bits per heavy atom. The fraction of sp³-hybridized carbons (Fsp3) is 0.150. The van der Waals surface area contributed by atoms with E-state index in [-0.39, 0.29) is 5.76 Å². The summed E-state index contributed by atoms with van der Waals surface area (Å²) in [6.45, 7) is 3.95. The molecule has 0 radical (unpaired) electrons. The summed E-state index contributed by atoms with van der Waals surface area (Å²) in [4.78, 5) is 21.1. The molecule has 0 fully saturated rings. The molecular formula is C20H16N2O3S2. The van der Waals surface area contributed by atoms with E-state index in [1.165, 1.54) is 23.4 Å². The zero-order chi connectivity index (χ0) is 19.0. The number of nitrogens with zero attached hydrogens (tertiary/aromatic N) is 2. The summed E-state index contributed by atoms with van der Waals surface area (Å²) < 4.78 is 5.36. The minimum Gasteiger partial charge on any atom is -0.475 e. The van der Waals surface area contributed by atoms with Gasteiger partial charge in [-0.3, -0.25) is 0 Å². The smallest absolute Gasteiger partial charge is 0.371 e. The second-order valence-corrected chi connectivity index (χ2v) is 7.95. The van der Waals surface area contributed by atoms with Gasteiger partial charge in [-0.15, -0.1) is 11.3 Å². The molecule has 4 aromatic rings. The van der Waals surface area contributed by atoms with Crippen molar-refractivity contribution in [3.8, 4) is 11.1 Å². The van der Waals surface area contributed by atoms with Crippen LogP contribution in [0.1, 0.15) is 27.7 Å². The van der Waals surface area contributed by atoms with Crippen molar-refractivity contribution in [3.05, 3.63) is 64.7 Å². The van der Waals surface area contributed by atoms with E-state index in [0.717, 1.165) is 26.4 Å². The normalized spacial score (nSPS) is 11.2. The Labute approximate surface area is 164 Å². The third-order valence-electron chi connectivity index (χ3n) is 4.10. The maximum Gasteiger partial charge on any atom is 0.371 e. The largest absolute Gasteiger partial charge is 0.475 e. The van der Waals surface area contributed by atoms with Crippen LogP contribution in [0.25, 0.3) is 21.3 Å². The summed E-state index contributed by atoms with van der Waals surface area (Å²) in [7, 11) is 0. The number of furan rings is 1. The molecule has 0 unspecified atom stereocenters. The van der Waals surface area contributed by atoms with E-state index >= 15 is 0 Å². The van der Waals surface area contributed by atoms with E-state index in [4.69, 9.17) is 9.52 Å². The highest BCUT2D eigenvalue weighted by atomic mass is 32.2. The first-order valence-electron chi connectivity index (χ1n) is 8.29. The second kappa shape index (κ2) is 7.17. The molecular weight excluding hydrogens is 380 g/mol. The van der Waals surface area contributed by atoms with Gasteiger partial charge < -0.3 is 9.52 Å². The Morgan fingerprint density at radius 2 is 1.93 bits per heavy atom. The van der Waals surface area contributed by atoms with Crippen molar-refractivity contribution in [2.45, 2.75) is 24.6 Å². The average Bonchev–Trinajstić information content (AvgIpc) is 3.27. The number of hydrogen-bond donors (Lipinski definition) is 1. The van der Waals surface area contributed by atoms with E-state index in [9.17, 15) is 4.79 Å². The lowest BCUT2D eigenvalue weighted by molar-refractivity contribution is 0.0661. The molecule has 0 amide bonds. The number of aryl methyl sites for hydroxylation is 2. The number of hydrogen-bond acceptors (Lipinski definition) is 6. The molecule has 27 heavy (non-hydrogen) atoms. The predicted molar refractivity (Wildman–Crippen MR) is 108 cm³/mol. The third-order valence-corrected chi connectivity index (χ3v) is 5.97. The number of carboxylic acid groups (broad SMARTS) is 1. The van der Waals surface area contributed by atoms with Crippen LogP contribution in [0.5, 0.6) is 0 Å². The van der Waals surface area contributed by atoms with Crippen LogP contribution in [0, 0.1) is 13.8 Å². The lowest BCUT2D eigenvalue weighted by atomic mass is 10.1. The molecule has 136 valence electrons. The fourth-order valence-corrected chi connectivity index (χ4v) is 4.81. The van der Waals surface area contributed by atoms with Gasteiger partial charge >= 0.3 is 5.97 Å². The molecule has 4 rings (SSSR count). The van der Waals surface area contributed by atoms with Gasteiger partial charge in [0.1, 0.15) is 21.4 Å². The first-order chi connectivity index (χ1) is 13.0. The van der Waals surface area contributed by atoms with Gasteiger partial charge in [-0.25, -0.2) is 14.8 Å². The molecule has 1 aromatic carbocycles. The van der Waals surface area contributed by atoms with Crippen LogP contribution in [0.15, 0.2) is 51.2 Å². The van der Waals surface area contributed by atoms with Crippen molar-refractivity contribution in [3.63, 3.8) is 0 Å². The molecule has 0 aliphatic heterocycles. The van der Waals surface area contributed by atoms with Crippen LogP contribution in [-0.4, -0.2) is 21.0 Å². The highest BCUT2D eigenvalue weighted by Crippen LogP contribution is 2.39. The number of thioether (sulfide) groups is 1. The maximum absolute atomic E-state index is 11.0. The lowest BCUT2D eigenvalue weighted by Crippen LogP contribution is -1.93. The predicted octanol–water partition coefficient (Wildman–Crippen LogP) is 5.56. The Hall–Kier alpha value is -2.64. The van der Waals surface area contributed by atoms with Crippen molar-refractivity contribution < 1.29 is 14.3 Å². The summed E-state index contributed by atoms with van der Waals surface area (Å²) in [6, 6.07) is 11.6. The lowest BCUT2D eigenvalue weighted by Gasteiger charge is -2.06. The van der Waals surface area contributed by atoms with Gasteiger partial charge in [-0.1, -0.05) is 41.6 Å². The maximum atomic E-state index is 11.0. The number of thiophene rings is 1. The molecule has 7 heteroatoms. The summed E-state index contributed by atoms with van der Waals surface area (Å²) >= 11 is 3.13. The molecule has 3 heterocycles. The number of aromatic carboxylic acids is 1. The Balaban J connectivity index is 1.71. The van der Waals surface area contributed by atoms with Gasteiger partial charge in [0.15, 0.2) is 0 Å². The van der Waals surface area contributed by atoms with Crippen LogP contribution in [0.2, 0.25) is 0 Å². The average molecular weight is 396 g/mol. The van der Waals surface area contributed by atoms with E-state index in [0.29, 0.717) is 17.3 Å². The van der Waals surface area contributed by atoms with Crippen molar-refractivity contribution in [1.82, 2.24) is 9.97 Å². The van der Waals surface area contributed by atoms with E-state index in [1.54, 1.807) is 17.4 Å². The number of aromatic nitrogens is 2. The van der Waals surface area contributed by atoms with Gasteiger partial charge in [-0.05, 0) is 31.5 Å². The molecule has 5 nitrogen and oxygen atoms in total.